The van der Waals surface area contributed by atoms with E-state index in [9.17, 15) is 36.3 Å². The molecule has 1 N–H and O–H groups in total. The van der Waals surface area contributed by atoms with E-state index in [1.54, 1.807) is 4.90 Å². The van der Waals surface area contributed by atoms with E-state index in [1.807, 2.05) is 0 Å². The van der Waals surface area contributed by atoms with Gasteiger partial charge in [0.15, 0.2) is 0 Å². The summed E-state index contributed by atoms with van der Waals surface area (Å²) in [5.41, 5.74) is -1.27. The summed E-state index contributed by atoms with van der Waals surface area (Å²) >= 11 is 0. The minimum atomic E-state index is -4.66. The van der Waals surface area contributed by atoms with Crippen molar-refractivity contribution in [1.29, 1.82) is 0 Å². The second-order valence-corrected chi connectivity index (χ2v) is 10.4. The van der Waals surface area contributed by atoms with Crippen LogP contribution in [0.5, 0.6) is 0 Å². The minimum absolute atomic E-state index is 0. The third-order valence-corrected chi connectivity index (χ3v) is 7.18. The first-order valence-electron chi connectivity index (χ1n) is 13.0. The van der Waals surface area contributed by atoms with E-state index >= 15 is 0 Å². The summed E-state index contributed by atoms with van der Waals surface area (Å²) in [5, 5.41) is 2.72. The van der Waals surface area contributed by atoms with Gasteiger partial charge in [0, 0.05) is 50.4 Å². The summed E-state index contributed by atoms with van der Waals surface area (Å²) < 4.78 is 70.2. The van der Waals surface area contributed by atoms with E-state index < -0.39 is 35.5 Å². The number of ketones is 2. The number of carbonyl (C=O) groups excluding carboxylic acids is 3. The summed E-state index contributed by atoms with van der Waals surface area (Å²) in [4.78, 5) is 43.0. The number of nitrogens with zero attached hydrogens (tertiary/aromatic N) is 3. The fraction of sp³-hybridized carbons (Fsp3) is 0.556. The van der Waals surface area contributed by atoms with Crippen LogP contribution in [0.4, 0.5) is 22.0 Å². The summed E-state index contributed by atoms with van der Waals surface area (Å²) in [6.45, 7) is 1.70. The fourth-order valence-corrected chi connectivity index (χ4v) is 5.35. The molecule has 0 radical (unpaired) electrons. The standard InChI is InChI=1S/C27H31F5N4O3.ClH/c1-17(37)13-19(9-12-35-11-4-10-26(28,29)16-35)33-25(39)22-15-36(24(34-22)18-7-8-20(38)14-18)23-6-3-2-5-21(23)27(30,31)32;/h2-3,5-6,15,18-19H,4,7-14,16H2,1H3,(H,33,39);1H/t18?,19-;/m0./s1. The number of hydrogen-bond donors (Lipinski definition) is 1. The Labute approximate surface area is 234 Å². The van der Waals surface area contributed by atoms with E-state index in [0.717, 1.165) is 6.07 Å². The maximum absolute atomic E-state index is 13.8. The molecule has 40 heavy (non-hydrogen) atoms. The minimum Gasteiger partial charge on any atom is -0.347 e. The third kappa shape index (κ3) is 7.87. The number of benzene rings is 1. The van der Waals surface area contributed by atoms with Gasteiger partial charge in [-0.25, -0.2) is 13.8 Å². The number of aromatic nitrogens is 2. The Morgan fingerprint density at radius 3 is 2.58 bits per heavy atom. The zero-order chi connectivity index (χ0) is 28.4. The highest BCUT2D eigenvalue weighted by atomic mass is 35.5. The summed E-state index contributed by atoms with van der Waals surface area (Å²) in [6.07, 6.45) is -2.28. The van der Waals surface area contributed by atoms with Crippen molar-refractivity contribution >= 4 is 29.9 Å². The van der Waals surface area contributed by atoms with Crippen molar-refractivity contribution in [3.8, 4) is 5.69 Å². The van der Waals surface area contributed by atoms with Crippen LogP contribution in [0.1, 0.15) is 79.7 Å². The third-order valence-electron chi connectivity index (χ3n) is 7.18. The molecule has 1 aromatic carbocycles. The van der Waals surface area contributed by atoms with Crippen LogP contribution in [0.15, 0.2) is 30.5 Å². The fourth-order valence-electron chi connectivity index (χ4n) is 5.35. The number of para-hydroxylation sites is 1. The number of piperidine rings is 1. The van der Waals surface area contributed by atoms with Gasteiger partial charge in [-0.2, -0.15) is 13.2 Å². The van der Waals surface area contributed by atoms with Gasteiger partial charge in [0.2, 0.25) is 0 Å². The molecule has 1 unspecified atom stereocenters. The molecule has 7 nitrogen and oxygen atoms in total. The van der Waals surface area contributed by atoms with Crippen molar-refractivity contribution < 1.29 is 36.3 Å². The van der Waals surface area contributed by atoms with Crippen LogP contribution in [0.3, 0.4) is 0 Å². The molecule has 0 bridgehead atoms. The Balaban J connectivity index is 0.00000441. The van der Waals surface area contributed by atoms with Crippen molar-refractivity contribution in [2.24, 2.45) is 0 Å². The SMILES string of the molecule is CC(=O)C[C@H](CCN1CCCC(F)(F)C1)NC(=O)c1cn(-c2ccccc2C(F)(F)F)c(C2CCC(=O)C2)n1.Cl. The van der Waals surface area contributed by atoms with Gasteiger partial charge in [-0.15, -0.1) is 12.4 Å². The number of alkyl halides is 5. The largest absolute Gasteiger partial charge is 0.418 e. The average Bonchev–Trinajstić information content (AvgIpc) is 3.47. The zero-order valence-corrected chi connectivity index (χ0v) is 22.8. The van der Waals surface area contributed by atoms with Gasteiger partial charge in [0.1, 0.15) is 23.1 Å². The van der Waals surface area contributed by atoms with E-state index in [4.69, 9.17) is 0 Å². The number of halogens is 6. The summed E-state index contributed by atoms with van der Waals surface area (Å²) in [7, 11) is 0. The van der Waals surface area contributed by atoms with Gasteiger partial charge in [-0.1, -0.05) is 12.1 Å². The summed E-state index contributed by atoms with van der Waals surface area (Å²) in [6, 6.07) is 4.25. The smallest absolute Gasteiger partial charge is 0.347 e. The molecule has 2 heterocycles. The number of hydrogen-bond acceptors (Lipinski definition) is 5. The predicted molar refractivity (Wildman–Crippen MR) is 139 cm³/mol. The Kier molecular flexibility index (Phi) is 10.1. The second kappa shape index (κ2) is 12.8. The highest BCUT2D eigenvalue weighted by molar-refractivity contribution is 5.93. The lowest BCUT2D eigenvalue weighted by atomic mass is 10.0. The maximum atomic E-state index is 13.8. The van der Waals surface area contributed by atoms with Crippen molar-refractivity contribution in [2.75, 3.05) is 19.6 Å². The Morgan fingerprint density at radius 2 is 1.95 bits per heavy atom. The highest BCUT2D eigenvalue weighted by Gasteiger charge is 2.37. The summed E-state index contributed by atoms with van der Waals surface area (Å²) in [5.74, 6) is -3.99. The molecule has 2 fully saturated rings. The van der Waals surface area contributed by atoms with E-state index in [2.05, 4.69) is 10.3 Å². The van der Waals surface area contributed by atoms with E-state index in [-0.39, 0.29) is 86.4 Å². The second-order valence-electron chi connectivity index (χ2n) is 10.4. The lowest BCUT2D eigenvalue weighted by Gasteiger charge is -2.33. The van der Waals surface area contributed by atoms with Crippen molar-refractivity contribution in [3.05, 3.63) is 47.5 Å². The lowest BCUT2D eigenvalue weighted by molar-refractivity contribution is -0.137. The van der Waals surface area contributed by atoms with Crippen molar-refractivity contribution in [1.82, 2.24) is 19.8 Å². The van der Waals surface area contributed by atoms with Gasteiger partial charge in [-0.05, 0) is 44.9 Å². The molecule has 0 spiro atoms. The van der Waals surface area contributed by atoms with Gasteiger partial charge in [-0.3, -0.25) is 19.3 Å². The molecule has 2 aliphatic rings. The Hall–Kier alpha value is -2.86. The number of imidazole rings is 1. The molecule has 1 aliphatic heterocycles. The van der Waals surface area contributed by atoms with Gasteiger partial charge in [0.25, 0.3) is 11.8 Å². The van der Waals surface area contributed by atoms with Gasteiger partial charge >= 0.3 is 6.18 Å². The van der Waals surface area contributed by atoms with Crippen molar-refractivity contribution in [3.63, 3.8) is 0 Å². The Morgan fingerprint density at radius 1 is 1.23 bits per heavy atom. The topological polar surface area (TPSA) is 84.3 Å². The average molecular weight is 591 g/mol. The zero-order valence-electron chi connectivity index (χ0n) is 22.0. The van der Waals surface area contributed by atoms with Crippen LogP contribution >= 0.6 is 12.4 Å². The molecule has 1 aliphatic carbocycles. The number of carbonyl (C=O) groups is 3. The molecular weight excluding hydrogens is 559 g/mol. The van der Waals surface area contributed by atoms with Gasteiger partial charge < -0.3 is 9.88 Å². The van der Waals surface area contributed by atoms with Crippen LogP contribution in [-0.2, 0) is 15.8 Å². The number of nitrogens with one attached hydrogen (secondary N) is 1. The first-order valence-corrected chi connectivity index (χ1v) is 13.0. The molecule has 1 saturated carbocycles. The van der Waals surface area contributed by atoms with Crippen LogP contribution in [0, 0.1) is 0 Å². The molecule has 4 rings (SSSR count). The number of Topliss-reactive ketones (excluding diaryl/α,β-unsaturated/α-hetero) is 2. The lowest BCUT2D eigenvalue weighted by Crippen LogP contribution is -2.45. The number of rotatable bonds is 9. The maximum Gasteiger partial charge on any atom is 0.418 e. The monoisotopic (exact) mass is 590 g/mol. The molecule has 220 valence electrons. The molecule has 2 atom stereocenters. The van der Waals surface area contributed by atoms with Crippen LogP contribution in [-0.4, -0.2) is 63.5 Å². The molecule has 1 amide bonds. The quantitative estimate of drug-likeness (QED) is 0.398. The van der Waals surface area contributed by atoms with Gasteiger partial charge in [0.05, 0.1) is 17.8 Å². The number of amides is 1. The molecule has 1 saturated heterocycles. The predicted octanol–water partition coefficient (Wildman–Crippen LogP) is 5.35. The highest BCUT2D eigenvalue weighted by Crippen LogP contribution is 2.37. The van der Waals surface area contributed by atoms with Crippen LogP contribution in [0.2, 0.25) is 0 Å². The van der Waals surface area contributed by atoms with Crippen molar-refractivity contribution in [2.45, 2.75) is 75.9 Å². The van der Waals surface area contributed by atoms with E-state index in [0.29, 0.717) is 19.4 Å². The van der Waals surface area contributed by atoms with Crippen LogP contribution < -0.4 is 5.32 Å². The normalized spacial score (nSPS) is 20.1. The first-order chi connectivity index (χ1) is 18.3. The molecular formula is C27H32ClF5N4O3. The molecule has 1 aromatic heterocycles. The molecule has 2 aromatic rings. The molecule has 13 heteroatoms. The number of likely N-dealkylation sites (tertiary alicyclic amines) is 1. The van der Waals surface area contributed by atoms with E-state index in [1.165, 1.54) is 35.9 Å². The first kappa shape index (κ1) is 31.7. The Bertz CT molecular complexity index is 1230. The van der Waals surface area contributed by atoms with Crippen LogP contribution in [0.25, 0.3) is 5.69 Å².